The highest BCUT2D eigenvalue weighted by Crippen LogP contribution is 2.43. The van der Waals surface area contributed by atoms with Gasteiger partial charge in [-0.25, -0.2) is 0 Å². The lowest BCUT2D eigenvalue weighted by molar-refractivity contribution is 0.0252. The first-order valence-electron chi connectivity index (χ1n) is 14.6. The number of fused-ring (bicyclic) bond motifs is 1. The molecule has 6 atom stereocenters. The van der Waals surface area contributed by atoms with Crippen molar-refractivity contribution in [2.75, 3.05) is 26.2 Å². The summed E-state index contributed by atoms with van der Waals surface area (Å²) in [5.74, 6) is 3.05. The maximum Gasteiger partial charge on any atom is 0.0363 e. The topological polar surface area (TPSA) is 122 Å². The molecule has 0 spiro atoms. The summed E-state index contributed by atoms with van der Waals surface area (Å²) in [7, 11) is 0. The first kappa shape index (κ1) is 37.5. The van der Waals surface area contributed by atoms with Crippen LogP contribution in [-0.2, 0) is 0 Å². The van der Waals surface area contributed by atoms with Gasteiger partial charge in [0.05, 0.1) is 0 Å². The largest absolute Gasteiger partial charge is 0.412 e. The van der Waals surface area contributed by atoms with Gasteiger partial charge in [-0.1, -0.05) is 71.7 Å². The van der Waals surface area contributed by atoms with Crippen LogP contribution in [0.15, 0.2) is 23.3 Å². The number of likely N-dealkylation sites (tertiary alicyclic amines) is 1. The molecule has 6 nitrogen and oxygen atoms in total. The molecule has 7 heteroatoms. The van der Waals surface area contributed by atoms with Crippen molar-refractivity contribution in [2.45, 2.75) is 117 Å². The standard InChI is InChI=1S/C30H52ClN3.CH4.3H2O/c1-22(2)29(32-18-7-9-26-16-13-24-8-5-6-10-28(24)33-26)20-34-19-17-27(30(3,4)21-34)23-11-14-25(31)15-12-23;;;;/h11,14-15,22-24,26-29,32-33H,5-10,12-13,16-21H2,1-4H3;1H4;3*1H2/t23?,24?,26?,27?,28?,29-;;;;/m0..../s1. The Morgan fingerprint density at radius 1 is 1.08 bits per heavy atom. The number of rotatable bonds is 9. The molecule has 4 aliphatic rings. The van der Waals surface area contributed by atoms with Gasteiger partial charge in [0.2, 0.25) is 0 Å². The van der Waals surface area contributed by atoms with E-state index in [2.05, 4.69) is 61.5 Å². The number of hydrogen-bond donors (Lipinski definition) is 2. The third-order valence-electron chi connectivity index (χ3n) is 9.64. The second-order valence-electron chi connectivity index (χ2n) is 13.0. The lowest BCUT2D eigenvalue weighted by Crippen LogP contribution is -2.53. The Morgan fingerprint density at radius 2 is 1.82 bits per heavy atom. The number of halogens is 1. The van der Waals surface area contributed by atoms with Gasteiger partial charge in [-0.15, -0.1) is 0 Å². The Bertz CT molecular complexity index is 714. The molecule has 3 fully saturated rings. The molecular weight excluding hydrogens is 498 g/mol. The van der Waals surface area contributed by atoms with Crippen LogP contribution in [0.3, 0.4) is 0 Å². The zero-order chi connectivity index (χ0) is 24.1. The van der Waals surface area contributed by atoms with Crippen molar-refractivity contribution < 1.29 is 16.4 Å². The highest BCUT2D eigenvalue weighted by Gasteiger charge is 2.40. The molecule has 0 aromatic heterocycles. The average molecular weight is 560 g/mol. The Balaban J connectivity index is 0.00000342. The zero-order valence-corrected chi connectivity index (χ0v) is 24.8. The van der Waals surface area contributed by atoms with Crippen molar-refractivity contribution in [1.29, 1.82) is 0 Å². The van der Waals surface area contributed by atoms with Crippen LogP contribution in [0, 0.1) is 29.1 Å². The number of allylic oxidation sites excluding steroid dienone is 4. The summed E-state index contributed by atoms with van der Waals surface area (Å²) in [4.78, 5) is 2.75. The van der Waals surface area contributed by atoms with Crippen LogP contribution in [0.2, 0.25) is 0 Å². The van der Waals surface area contributed by atoms with Crippen molar-refractivity contribution in [3.8, 4) is 0 Å². The van der Waals surface area contributed by atoms with Gasteiger partial charge in [-0.2, -0.15) is 0 Å². The van der Waals surface area contributed by atoms with E-state index in [0.29, 0.717) is 23.3 Å². The first-order valence-corrected chi connectivity index (χ1v) is 15.0. The minimum atomic E-state index is 0. The fourth-order valence-corrected chi connectivity index (χ4v) is 7.73. The summed E-state index contributed by atoms with van der Waals surface area (Å²) in [6.07, 6.45) is 20.4. The molecule has 0 bridgehead atoms. The predicted octanol–water partition coefficient (Wildman–Crippen LogP) is 4.90. The molecule has 226 valence electrons. The molecule has 0 amide bonds. The van der Waals surface area contributed by atoms with Crippen LogP contribution >= 0.6 is 11.6 Å². The molecule has 2 saturated heterocycles. The molecule has 2 aliphatic carbocycles. The molecular formula is C31H62ClN3O3. The third kappa shape index (κ3) is 10.2. The van der Waals surface area contributed by atoms with E-state index in [1.165, 1.54) is 77.4 Å². The molecule has 5 unspecified atom stereocenters. The van der Waals surface area contributed by atoms with Crippen LogP contribution in [0.1, 0.15) is 99.3 Å². The summed E-state index contributed by atoms with van der Waals surface area (Å²) < 4.78 is 0. The molecule has 4 rings (SSSR count). The molecule has 2 aliphatic heterocycles. The quantitative estimate of drug-likeness (QED) is 0.390. The van der Waals surface area contributed by atoms with Crippen molar-refractivity contribution in [3.63, 3.8) is 0 Å². The fourth-order valence-electron chi connectivity index (χ4n) is 7.57. The number of hydrogen-bond acceptors (Lipinski definition) is 3. The third-order valence-corrected chi connectivity index (χ3v) is 9.92. The second kappa shape index (κ2) is 17.4. The predicted molar refractivity (Wildman–Crippen MR) is 165 cm³/mol. The summed E-state index contributed by atoms with van der Waals surface area (Å²) in [6.45, 7) is 14.6. The second-order valence-corrected chi connectivity index (χ2v) is 13.4. The van der Waals surface area contributed by atoms with Gasteiger partial charge in [0, 0.05) is 36.2 Å². The van der Waals surface area contributed by atoms with E-state index < -0.39 is 0 Å². The van der Waals surface area contributed by atoms with Crippen LogP contribution in [0.25, 0.3) is 0 Å². The Morgan fingerprint density at radius 3 is 2.47 bits per heavy atom. The van der Waals surface area contributed by atoms with E-state index in [1.54, 1.807) is 0 Å². The van der Waals surface area contributed by atoms with Gasteiger partial charge in [0.1, 0.15) is 0 Å². The van der Waals surface area contributed by atoms with E-state index in [4.69, 9.17) is 11.6 Å². The summed E-state index contributed by atoms with van der Waals surface area (Å²) in [5, 5.41) is 8.90. The highest BCUT2D eigenvalue weighted by molar-refractivity contribution is 6.31. The lowest BCUT2D eigenvalue weighted by atomic mass is 9.66. The molecule has 38 heavy (non-hydrogen) atoms. The molecule has 0 radical (unpaired) electrons. The van der Waals surface area contributed by atoms with Crippen LogP contribution in [-0.4, -0.2) is 65.6 Å². The van der Waals surface area contributed by atoms with Crippen molar-refractivity contribution in [1.82, 2.24) is 15.5 Å². The zero-order valence-electron chi connectivity index (χ0n) is 24.0. The fraction of sp³-hybridized carbons (Fsp3) is 0.871. The normalized spacial score (nSPS) is 31.4. The van der Waals surface area contributed by atoms with Crippen LogP contribution in [0.5, 0.6) is 0 Å². The van der Waals surface area contributed by atoms with Gasteiger partial charge in [0.15, 0.2) is 0 Å². The van der Waals surface area contributed by atoms with Crippen molar-refractivity contribution in [2.24, 2.45) is 29.1 Å². The Kier molecular flexibility index (Phi) is 17.2. The Hall–Kier alpha value is -0.470. The maximum atomic E-state index is 6.18. The van der Waals surface area contributed by atoms with Gasteiger partial charge in [-0.3, -0.25) is 0 Å². The van der Waals surface area contributed by atoms with Crippen LogP contribution in [0.4, 0.5) is 0 Å². The summed E-state index contributed by atoms with van der Waals surface area (Å²) in [5.41, 5.74) is 0.343. The summed E-state index contributed by atoms with van der Waals surface area (Å²) >= 11 is 6.18. The maximum absolute atomic E-state index is 6.18. The van der Waals surface area contributed by atoms with E-state index in [9.17, 15) is 0 Å². The van der Waals surface area contributed by atoms with Crippen molar-refractivity contribution in [3.05, 3.63) is 23.3 Å². The summed E-state index contributed by atoms with van der Waals surface area (Å²) in [6, 6.07) is 2.18. The monoisotopic (exact) mass is 559 g/mol. The highest BCUT2D eigenvalue weighted by atomic mass is 35.5. The minimum Gasteiger partial charge on any atom is -0.412 e. The number of piperidine rings is 2. The lowest BCUT2D eigenvalue weighted by Gasteiger charge is -2.48. The van der Waals surface area contributed by atoms with Gasteiger partial charge >= 0.3 is 0 Å². The molecule has 0 aromatic rings. The first-order chi connectivity index (χ1) is 16.3. The molecule has 8 N–H and O–H groups in total. The molecule has 2 heterocycles. The van der Waals surface area contributed by atoms with Crippen LogP contribution < -0.4 is 10.6 Å². The number of nitrogens with one attached hydrogen (secondary N) is 2. The van der Waals surface area contributed by atoms with Gasteiger partial charge in [-0.05, 0) is 99.6 Å². The van der Waals surface area contributed by atoms with E-state index in [-0.39, 0.29) is 23.9 Å². The molecule has 0 aromatic carbocycles. The molecule has 1 saturated carbocycles. The minimum absolute atomic E-state index is 0. The van der Waals surface area contributed by atoms with E-state index in [1.807, 2.05) is 0 Å². The van der Waals surface area contributed by atoms with Gasteiger partial charge in [0.25, 0.3) is 0 Å². The SMILES string of the molecule is C.CC(C)[C@H](CN1CCC(C2C=CC(Cl)=CC2)C(C)(C)C1)NCCCC1CCC2CCCCC2N1.O.O.O. The van der Waals surface area contributed by atoms with Crippen molar-refractivity contribution >= 4 is 11.6 Å². The average Bonchev–Trinajstić information content (AvgIpc) is 2.81. The Labute approximate surface area is 239 Å². The van der Waals surface area contributed by atoms with E-state index >= 15 is 0 Å². The van der Waals surface area contributed by atoms with Gasteiger partial charge < -0.3 is 32.0 Å². The number of nitrogens with zero attached hydrogens (tertiary/aromatic N) is 1. The smallest absolute Gasteiger partial charge is 0.0363 e. The van der Waals surface area contributed by atoms with E-state index in [0.717, 1.165) is 41.9 Å².